The van der Waals surface area contributed by atoms with Gasteiger partial charge in [0.25, 0.3) is 0 Å². The third-order valence-corrected chi connectivity index (χ3v) is 4.03. The molecule has 1 heterocycles. The monoisotopic (exact) mass is 257 g/mol. The predicted octanol–water partition coefficient (Wildman–Crippen LogP) is 0.198. The van der Waals surface area contributed by atoms with Crippen molar-refractivity contribution in [3.63, 3.8) is 0 Å². The minimum absolute atomic E-state index is 0.282. The number of likely N-dealkylation sites (tertiary alicyclic amines) is 1. The first-order chi connectivity index (χ1) is 8.51. The van der Waals surface area contributed by atoms with Crippen LogP contribution in [0.15, 0.2) is 0 Å². The van der Waals surface area contributed by atoms with Gasteiger partial charge in [-0.05, 0) is 45.7 Å². The summed E-state index contributed by atoms with van der Waals surface area (Å²) in [6, 6.07) is 0. The van der Waals surface area contributed by atoms with Gasteiger partial charge in [0, 0.05) is 20.2 Å². The summed E-state index contributed by atoms with van der Waals surface area (Å²) in [5.41, 5.74) is 4.83. The average Bonchev–Trinajstić information content (AvgIpc) is 2.36. The molecule has 1 fully saturated rings. The van der Waals surface area contributed by atoms with Gasteiger partial charge in [0.1, 0.15) is 0 Å². The number of piperidine rings is 1. The normalized spacial score (nSPS) is 24.7. The van der Waals surface area contributed by atoms with Gasteiger partial charge in [0.15, 0.2) is 0 Å². The van der Waals surface area contributed by atoms with Gasteiger partial charge in [0.05, 0.1) is 12.1 Å². The number of likely N-dealkylation sites (N-methyl/N-ethyl adjacent to an activating group) is 1. The van der Waals surface area contributed by atoms with Crippen molar-refractivity contribution in [1.82, 2.24) is 10.2 Å². The number of carbonyl (C=O) groups is 1. The Labute approximate surface area is 110 Å². The molecule has 5 nitrogen and oxygen atoms in total. The number of carbonyl (C=O) groups excluding carboxylic acids is 1. The molecular formula is C13H27N3O2. The number of nitrogens with two attached hydrogens (primary N) is 1. The van der Waals surface area contributed by atoms with Crippen LogP contribution in [0, 0.1) is 5.92 Å². The van der Waals surface area contributed by atoms with Crippen molar-refractivity contribution in [3.8, 4) is 0 Å². The van der Waals surface area contributed by atoms with E-state index in [1.54, 1.807) is 14.2 Å². The van der Waals surface area contributed by atoms with E-state index in [4.69, 9.17) is 10.5 Å². The molecule has 0 bridgehead atoms. The van der Waals surface area contributed by atoms with Gasteiger partial charge in [-0.1, -0.05) is 0 Å². The van der Waals surface area contributed by atoms with Crippen molar-refractivity contribution in [2.24, 2.45) is 11.7 Å². The highest BCUT2D eigenvalue weighted by Crippen LogP contribution is 2.18. The third kappa shape index (κ3) is 4.23. The largest absolute Gasteiger partial charge is 0.384 e. The van der Waals surface area contributed by atoms with Crippen molar-refractivity contribution in [3.05, 3.63) is 0 Å². The van der Waals surface area contributed by atoms with E-state index in [2.05, 4.69) is 10.2 Å². The summed E-state index contributed by atoms with van der Waals surface area (Å²) in [5.74, 6) is 0.341. The summed E-state index contributed by atoms with van der Waals surface area (Å²) in [6.07, 6.45) is 3.20. The maximum absolute atomic E-state index is 11.4. The molecule has 0 aromatic heterocycles. The Morgan fingerprint density at radius 3 is 2.89 bits per heavy atom. The molecule has 1 aliphatic rings. The molecule has 18 heavy (non-hydrogen) atoms. The fourth-order valence-electron chi connectivity index (χ4n) is 2.48. The zero-order valence-electron chi connectivity index (χ0n) is 11.9. The molecule has 3 N–H and O–H groups in total. The van der Waals surface area contributed by atoms with E-state index in [0.717, 1.165) is 32.7 Å². The highest BCUT2D eigenvalue weighted by molar-refractivity contribution is 5.84. The Morgan fingerprint density at radius 1 is 1.61 bits per heavy atom. The lowest BCUT2D eigenvalue weighted by molar-refractivity contribution is -0.124. The smallest absolute Gasteiger partial charge is 0.237 e. The molecule has 1 amide bonds. The van der Waals surface area contributed by atoms with Gasteiger partial charge >= 0.3 is 0 Å². The van der Waals surface area contributed by atoms with Crippen LogP contribution in [0.25, 0.3) is 0 Å². The molecule has 0 saturated carbocycles. The summed E-state index contributed by atoms with van der Waals surface area (Å²) < 4.78 is 5.22. The van der Waals surface area contributed by atoms with Crippen LogP contribution in [0.5, 0.6) is 0 Å². The number of hydrogen-bond donors (Lipinski definition) is 2. The number of amides is 1. The van der Waals surface area contributed by atoms with Gasteiger partial charge in [-0.15, -0.1) is 0 Å². The minimum Gasteiger partial charge on any atom is -0.384 e. The zero-order valence-corrected chi connectivity index (χ0v) is 11.9. The van der Waals surface area contributed by atoms with E-state index < -0.39 is 5.54 Å². The average molecular weight is 257 g/mol. The third-order valence-electron chi connectivity index (χ3n) is 4.03. The number of nitrogens with zero attached hydrogens (tertiary/aromatic N) is 1. The molecule has 106 valence electrons. The first kappa shape index (κ1) is 15.4. The number of ether oxygens (including phenoxy) is 1. The lowest BCUT2D eigenvalue weighted by atomic mass is 9.94. The van der Waals surface area contributed by atoms with Gasteiger partial charge < -0.3 is 20.7 Å². The zero-order chi connectivity index (χ0) is 13.6. The first-order valence-electron chi connectivity index (χ1n) is 6.72. The lowest BCUT2D eigenvalue weighted by Gasteiger charge is -2.35. The molecule has 1 aliphatic heterocycles. The van der Waals surface area contributed by atoms with Gasteiger partial charge in [-0.3, -0.25) is 4.79 Å². The van der Waals surface area contributed by atoms with Gasteiger partial charge in [0.2, 0.25) is 5.91 Å². The molecule has 1 rings (SSSR count). The lowest BCUT2D eigenvalue weighted by Crippen LogP contribution is -2.53. The van der Waals surface area contributed by atoms with Crippen molar-refractivity contribution in [2.75, 3.05) is 40.4 Å². The van der Waals surface area contributed by atoms with E-state index in [9.17, 15) is 4.79 Å². The molecule has 0 spiro atoms. The van der Waals surface area contributed by atoms with E-state index in [1.165, 1.54) is 12.8 Å². The standard InChI is InChI=1S/C13H27N3O2/c1-13(15-2,12(14)17)6-8-16-7-4-5-11(9-16)10-18-3/h11,15H,4-10H2,1-3H3,(H2,14,17). The van der Waals surface area contributed by atoms with Crippen LogP contribution in [0.1, 0.15) is 26.2 Å². The number of methoxy groups -OCH3 is 1. The summed E-state index contributed by atoms with van der Waals surface area (Å²) in [7, 11) is 3.54. The maximum Gasteiger partial charge on any atom is 0.237 e. The van der Waals surface area contributed by atoms with Crippen LogP contribution in [-0.4, -0.2) is 56.7 Å². The van der Waals surface area contributed by atoms with E-state index in [-0.39, 0.29) is 5.91 Å². The highest BCUT2D eigenvalue weighted by atomic mass is 16.5. The van der Waals surface area contributed by atoms with Gasteiger partial charge in [-0.25, -0.2) is 0 Å². The Hall–Kier alpha value is -0.650. The molecule has 1 saturated heterocycles. The minimum atomic E-state index is -0.603. The van der Waals surface area contributed by atoms with E-state index >= 15 is 0 Å². The van der Waals surface area contributed by atoms with Crippen LogP contribution in [0.4, 0.5) is 0 Å². The predicted molar refractivity (Wildman–Crippen MR) is 72.3 cm³/mol. The SMILES string of the molecule is CNC(C)(CCN1CCCC(COC)C1)C(N)=O. The fraction of sp³-hybridized carbons (Fsp3) is 0.923. The molecule has 0 aliphatic carbocycles. The quantitative estimate of drug-likeness (QED) is 0.683. The second-order valence-electron chi connectivity index (χ2n) is 5.46. The summed E-state index contributed by atoms with van der Waals surface area (Å²) in [6.45, 7) is 5.77. The van der Waals surface area contributed by atoms with Crippen molar-refractivity contribution < 1.29 is 9.53 Å². The summed E-state index contributed by atoms with van der Waals surface area (Å²) in [4.78, 5) is 13.8. The molecule has 5 heteroatoms. The fourth-order valence-corrected chi connectivity index (χ4v) is 2.48. The van der Waals surface area contributed by atoms with E-state index in [0.29, 0.717) is 5.92 Å². The molecule has 0 radical (unpaired) electrons. The summed E-state index contributed by atoms with van der Waals surface area (Å²) in [5, 5.41) is 3.03. The molecule has 0 aromatic carbocycles. The maximum atomic E-state index is 11.4. The van der Waals surface area contributed by atoms with Crippen LogP contribution >= 0.6 is 0 Å². The van der Waals surface area contributed by atoms with Crippen LogP contribution in [0.2, 0.25) is 0 Å². The molecule has 0 aromatic rings. The number of primary amides is 1. The number of hydrogen-bond acceptors (Lipinski definition) is 4. The molecule has 2 atom stereocenters. The number of nitrogens with one attached hydrogen (secondary N) is 1. The van der Waals surface area contributed by atoms with Crippen LogP contribution in [-0.2, 0) is 9.53 Å². The first-order valence-corrected chi connectivity index (χ1v) is 6.72. The van der Waals surface area contributed by atoms with Crippen molar-refractivity contribution in [2.45, 2.75) is 31.7 Å². The van der Waals surface area contributed by atoms with Crippen LogP contribution in [0.3, 0.4) is 0 Å². The number of rotatable bonds is 7. The Balaban J connectivity index is 2.40. The topological polar surface area (TPSA) is 67.6 Å². The van der Waals surface area contributed by atoms with E-state index in [1.807, 2.05) is 6.92 Å². The van der Waals surface area contributed by atoms with Crippen molar-refractivity contribution >= 4 is 5.91 Å². The summed E-state index contributed by atoms with van der Waals surface area (Å²) >= 11 is 0. The van der Waals surface area contributed by atoms with Crippen LogP contribution < -0.4 is 11.1 Å². The molecular weight excluding hydrogens is 230 g/mol. The highest BCUT2D eigenvalue weighted by Gasteiger charge is 2.30. The Morgan fingerprint density at radius 2 is 2.33 bits per heavy atom. The van der Waals surface area contributed by atoms with Crippen molar-refractivity contribution in [1.29, 1.82) is 0 Å². The second kappa shape index (κ2) is 7.07. The molecule has 2 unspecified atom stereocenters. The Bertz CT molecular complexity index is 271. The Kier molecular flexibility index (Phi) is 6.05. The van der Waals surface area contributed by atoms with Gasteiger partial charge in [-0.2, -0.15) is 0 Å². The second-order valence-corrected chi connectivity index (χ2v) is 5.46.